The van der Waals surface area contributed by atoms with Crippen LogP contribution in [0.4, 0.5) is 0 Å². The van der Waals surface area contributed by atoms with Crippen LogP contribution < -0.4 is 10.2 Å². The highest BCUT2D eigenvalue weighted by molar-refractivity contribution is 5.93. The molecule has 1 amide bonds. The van der Waals surface area contributed by atoms with E-state index in [2.05, 4.69) is 20.7 Å². The van der Waals surface area contributed by atoms with Gasteiger partial charge in [-0.25, -0.2) is 5.43 Å². The zero-order chi connectivity index (χ0) is 17.0. The Labute approximate surface area is 134 Å². The number of ether oxygens (including phenoxy) is 1. The number of carbonyl (C=O) groups is 1. The Morgan fingerprint density at radius 3 is 2.74 bits per heavy atom. The van der Waals surface area contributed by atoms with Crippen molar-refractivity contribution >= 4 is 12.1 Å². The molecule has 0 fully saturated rings. The van der Waals surface area contributed by atoms with Crippen LogP contribution in [0.2, 0.25) is 0 Å². The fourth-order valence-corrected chi connectivity index (χ4v) is 1.82. The summed E-state index contributed by atoms with van der Waals surface area (Å²) in [7, 11) is 1.46. The predicted octanol–water partition coefficient (Wildman–Crippen LogP) is 2.19. The third kappa shape index (κ3) is 4.09. The van der Waals surface area contributed by atoms with Crippen molar-refractivity contribution in [2.24, 2.45) is 5.10 Å². The van der Waals surface area contributed by atoms with E-state index in [1.807, 2.05) is 20.8 Å². The second-order valence-corrected chi connectivity index (χ2v) is 6.05. The SMILES string of the molecule is COc1cc(/C=N/NC(=O)c2cc(C(C)(C)C)[nH]n2)ccc1O. The molecule has 7 heteroatoms. The first-order chi connectivity index (χ1) is 10.8. The van der Waals surface area contributed by atoms with Crippen LogP contribution in [0.15, 0.2) is 29.4 Å². The van der Waals surface area contributed by atoms with Gasteiger partial charge in [0.2, 0.25) is 0 Å². The second-order valence-electron chi connectivity index (χ2n) is 6.05. The molecular formula is C16H20N4O3. The van der Waals surface area contributed by atoms with Crippen LogP contribution in [0.3, 0.4) is 0 Å². The number of rotatable bonds is 4. The summed E-state index contributed by atoms with van der Waals surface area (Å²) in [5.41, 5.74) is 4.12. The first kappa shape index (κ1) is 16.5. The third-order valence-corrected chi connectivity index (χ3v) is 3.20. The number of hydrazone groups is 1. The Balaban J connectivity index is 2.02. The van der Waals surface area contributed by atoms with E-state index >= 15 is 0 Å². The van der Waals surface area contributed by atoms with Gasteiger partial charge in [0.1, 0.15) is 0 Å². The molecular weight excluding hydrogens is 296 g/mol. The number of benzene rings is 1. The van der Waals surface area contributed by atoms with Crippen LogP contribution >= 0.6 is 0 Å². The van der Waals surface area contributed by atoms with Gasteiger partial charge < -0.3 is 9.84 Å². The Morgan fingerprint density at radius 1 is 1.39 bits per heavy atom. The first-order valence-electron chi connectivity index (χ1n) is 7.07. The van der Waals surface area contributed by atoms with Gasteiger partial charge in [-0.05, 0) is 29.8 Å². The van der Waals surface area contributed by atoms with E-state index in [4.69, 9.17) is 4.74 Å². The average Bonchev–Trinajstić information content (AvgIpc) is 2.99. The minimum Gasteiger partial charge on any atom is -0.504 e. The van der Waals surface area contributed by atoms with Crippen LogP contribution in [0.5, 0.6) is 11.5 Å². The molecule has 0 bridgehead atoms. The molecule has 0 atom stereocenters. The van der Waals surface area contributed by atoms with Crippen molar-refractivity contribution in [3.05, 3.63) is 41.2 Å². The van der Waals surface area contributed by atoms with Crippen LogP contribution in [-0.2, 0) is 5.41 Å². The van der Waals surface area contributed by atoms with Crippen LogP contribution in [-0.4, -0.2) is 34.5 Å². The number of aromatic amines is 1. The predicted molar refractivity (Wildman–Crippen MR) is 87.0 cm³/mol. The van der Waals surface area contributed by atoms with Crippen molar-refractivity contribution in [2.45, 2.75) is 26.2 Å². The van der Waals surface area contributed by atoms with E-state index in [-0.39, 0.29) is 16.9 Å². The zero-order valence-electron chi connectivity index (χ0n) is 13.5. The number of methoxy groups -OCH3 is 1. The highest BCUT2D eigenvalue weighted by Gasteiger charge is 2.19. The maximum atomic E-state index is 12.0. The molecule has 0 saturated heterocycles. The number of phenols is 1. The summed E-state index contributed by atoms with van der Waals surface area (Å²) in [6.07, 6.45) is 1.46. The summed E-state index contributed by atoms with van der Waals surface area (Å²) >= 11 is 0. The number of amides is 1. The van der Waals surface area contributed by atoms with E-state index in [1.54, 1.807) is 18.2 Å². The lowest BCUT2D eigenvalue weighted by atomic mass is 9.92. The van der Waals surface area contributed by atoms with Crippen LogP contribution in [0.1, 0.15) is 42.5 Å². The van der Waals surface area contributed by atoms with Gasteiger partial charge in [0.05, 0.1) is 13.3 Å². The van der Waals surface area contributed by atoms with Crippen molar-refractivity contribution in [2.75, 3.05) is 7.11 Å². The molecule has 122 valence electrons. The minimum absolute atomic E-state index is 0.0416. The smallest absolute Gasteiger partial charge is 0.291 e. The highest BCUT2D eigenvalue weighted by Crippen LogP contribution is 2.25. The molecule has 0 saturated carbocycles. The number of H-pyrrole nitrogens is 1. The summed E-state index contributed by atoms with van der Waals surface area (Å²) < 4.78 is 5.00. The van der Waals surface area contributed by atoms with Gasteiger partial charge in [0.15, 0.2) is 17.2 Å². The lowest BCUT2D eigenvalue weighted by molar-refractivity contribution is 0.0950. The van der Waals surface area contributed by atoms with Gasteiger partial charge in [0, 0.05) is 11.1 Å². The molecule has 3 N–H and O–H groups in total. The molecule has 7 nitrogen and oxygen atoms in total. The van der Waals surface area contributed by atoms with Crippen LogP contribution in [0, 0.1) is 0 Å². The molecule has 0 spiro atoms. The molecule has 2 aromatic rings. The fourth-order valence-electron chi connectivity index (χ4n) is 1.82. The number of nitrogens with one attached hydrogen (secondary N) is 2. The largest absolute Gasteiger partial charge is 0.504 e. The Bertz CT molecular complexity index is 729. The second kappa shape index (κ2) is 6.51. The maximum Gasteiger partial charge on any atom is 0.291 e. The molecule has 2 rings (SSSR count). The van der Waals surface area contributed by atoms with Crippen molar-refractivity contribution < 1.29 is 14.6 Å². The fraction of sp³-hybridized carbons (Fsp3) is 0.312. The molecule has 0 aliphatic heterocycles. The number of nitrogens with zero attached hydrogens (tertiary/aromatic N) is 2. The van der Waals surface area contributed by atoms with Crippen molar-refractivity contribution in [3.8, 4) is 11.5 Å². The van der Waals surface area contributed by atoms with Crippen molar-refractivity contribution in [3.63, 3.8) is 0 Å². The summed E-state index contributed by atoms with van der Waals surface area (Å²) in [4.78, 5) is 12.0. The number of aromatic hydroxyl groups is 1. The van der Waals surface area contributed by atoms with Crippen molar-refractivity contribution in [1.82, 2.24) is 15.6 Å². The summed E-state index contributed by atoms with van der Waals surface area (Å²) in [6.45, 7) is 6.08. The van der Waals surface area contributed by atoms with Gasteiger partial charge in [-0.3, -0.25) is 9.89 Å². The monoisotopic (exact) mass is 316 g/mol. The zero-order valence-corrected chi connectivity index (χ0v) is 13.5. The average molecular weight is 316 g/mol. The summed E-state index contributed by atoms with van der Waals surface area (Å²) in [5.74, 6) is -0.0268. The quantitative estimate of drug-likeness (QED) is 0.594. The molecule has 0 aliphatic carbocycles. The standard InChI is InChI=1S/C16H20N4O3/c1-16(2,3)14-8-11(18-19-14)15(22)20-17-9-10-5-6-12(21)13(7-10)23-4/h5-9,21H,1-4H3,(H,18,19)(H,20,22)/b17-9+. The molecule has 0 unspecified atom stereocenters. The highest BCUT2D eigenvalue weighted by atomic mass is 16.5. The summed E-state index contributed by atoms with van der Waals surface area (Å²) in [5, 5.41) is 20.2. The first-order valence-corrected chi connectivity index (χ1v) is 7.07. The normalized spacial score (nSPS) is 11.7. The van der Waals surface area contributed by atoms with E-state index in [0.717, 1.165) is 5.69 Å². The lowest BCUT2D eigenvalue weighted by Gasteiger charge is -2.14. The molecule has 1 heterocycles. The van der Waals surface area contributed by atoms with Gasteiger partial charge in [-0.1, -0.05) is 20.8 Å². The van der Waals surface area contributed by atoms with E-state index < -0.39 is 5.91 Å². The number of hydrogen-bond donors (Lipinski definition) is 3. The molecule has 23 heavy (non-hydrogen) atoms. The number of carbonyl (C=O) groups excluding carboxylic acids is 1. The van der Waals surface area contributed by atoms with Crippen LogP contribution in [0.25, 0.3) is 0 Å². The minimum atomic E-state index is -0.404. The Kier molecular flexibility index (Phi) is 4.68. The van der Waals surface area contributed by atoms with Gasteiger partial charge in [-0.2, -0.15) is 10.2 Å². The van der Waals surface area contributed by atoms with E-state index in [0.29, 0.717) is 11.3 Å². The van der Waals surface area contributed by atoms with E-state index in [9.17, 15) is 9.90 Å². The van der Waals surface area contributed by atoms with Gasteiger partial charge >= 0.3 is 0 Å². The maximum absolute atomic E-state index is 12.0. The van der Waals surface area contributed by atoms with E-state index in [1.165, 1.54) is 19.4 Å². The summed E-state index contributed by atoms with van der Waals surface area (Å²) in [6, 6.07) is 6.46. The lowest BCUT2D eigenvalue weighted by Crippen LogP contribution is -2.18. The molecule has 0 aliphatic rings. The molecule has 1 aromatic carbocycles. The topological polar surface area (TPSA) is 99.6 Å². The number of aromatic nitrogens is 2. The third-order valence-electron chi connectivity index (χ3n) is 3.20. The number of hydrogen-bond acceptors (Lipinski definition) is 5. The number of phenolic OH excluding ortho intramolecular Hbond substituents is 1. The van der Waals surface area contributed by atoms with Crippen molar-refractivity contribution in [1.29, 1.82) is 0 Å². The molecule has 1 aromatic heterocycles. The van der Waals surface area contributed by atoms with Gasteiger partial charge in [-0.15, -0.1) is 0 Å². The Hall–Kier alpha value is -2.83. The Morgan fingerprint density at radius 2 is 2.13 bits per heavy atom. The van der Waals surface area contributed by atoms with Gasteiger partial charge in [0.25, 0.3) is 5.91 Å². The molecule has 0 radical (unpaired) electrons.